The summed E-state index contributed by atoms with van der Waals surface area (Å²) in [6.45, 7) is 5.45. The van der Waals surface area contributed by atoms with Gasteiger partial charge >= 0.3 is 12.0 Å². The zero-order valence-electron chi connectivity index (χ0n) is 11.2. The van der Waals surface area contributed by atoms with Crippen molar-refractivity contribution < 1.29 is 14.7 Å². The van der Waals surface area contributed by atoms with Gasteiger partial charge in [0.15, 0.2) is 0 Å². The van der Waals surface area contributed by atoms with Crippen LogP contribution in [0, 0.1) is 5.92 Å². The first-order valence-corrected chi connectivity index (χ1v) is 7.49. The monoisotopic (exact) mass is 276 g/mol. The second kappa shape index (κ2) is 11.2. The van der Waals surface area contributed by atoms with Crippen LogP contribution in [0.3, 0.4) is 0 Å². The van der Waals surface area contributed by atoms with Gasteiger partial charge in [0, 0.05) is 19.5 Å². The van der Waals surface area contributed by atoms with Crippen molar-refractivity contribution in [3.63, 3.8) is 0 Å². The van der Waals surface area contributed by atoms with Crippen LogP contribution in [0.2, 0.25) is 0 Å². The highest BCUT2D eigenvalue weighted by molar-refractivity contribution is 7.99. The molecule has 0 aromatic rings. The van der Waals surface area contributed by atoms with E-state index in [-0.39, 0.29) is 12.5 Å². The highest BCUT2D eigenvalue weighted by atomic mass is 32.2. The standard InChI is InChI=1S/C12H24N2O3S/c1-10(2)9-18-8-4-7-14-12(17)13-6-3-5-11(15)16/h10H,3-9H2,1-2H3,(H,15,16)(H2,13,14,17). The zero-order valence-corrected chi connectivity index (χ0v) is 12.0. The highest BCUT2D eigenvalue weighted by Crippen LogP contribution is 2.07. The topological polar surface area (TPSA) is 78.4 Å². The Morgan fingerprint density at radius 1 is 1.17 bits per heavy atom. The zero-order chi connectivity index (χ0) is 13.8. The first kappa shape index (κ1) is 17.1. The molecule has 0 saturated heterocycles. The Kier molecular flexibility index (Phi) is 10.6. The number of carboxylic acid groups (broad SMARTS) is 1. The predicted octanol–water partition coefficient (Wildman–Crippen LogP) is 1.93. The lowest BCUT2D eigenvalue weighted by molar-refractivity contribution is -0.137. The Hall–Kier alpha value is -0.910. The quantitative estimate of drug-likeness (QED) is 0.533. The molecule has 0 saturated carbocycles. The number of carboxylic acids is 1. The lowest BCUT2D eigenvalue weighted by atomic mass is 10.3. The van der Waals surface area contributed by atoms with E-state index in [0.717, 1.165) is 17.9 Å². The molecule has 106 valence electrons. The third-order valence-corrected chi connectivity index (χ3v) is 3.53. The van der Waals surface area contributed by atoms with Gasteiger partial charge in [-0.3, -0.25) is 4.79 Å². The van der Waals surface area contributed by atoms with Gasteiger partial charge in [-0.2, -0.15) is 11.8 Å². The van der Waals surface area contributed by atoms with Crippen molar-refractivity contribution in [2.75, 3.05) is 24.6 Å². The Morgan fingerprint density at radius 3 is 2.33 bits per heavy atom. The number of rotatable bonds is 10. The second-order valence-electron chi connectivity index (χ2n) is 4.50. The minimum Gasteiger partial charge on any atom is -0.481 e. The molecule has 0 bridgehead atoms. The van der Waals surface area contributed by atoms with Crippen LogP contribution in [0.4, 0.5) is 4.79 Å². The molecule has 0 rings (SSSR count). The number of carbonyl (C=O) groups is 2. The molecule has 0 atom stereocenters. The number of carbonyl (C=O) groups excluding carboxylic acids is 1. The maximum Gasteiger partial charge on any atom is 0.314 e. The molecule has 18 heavy (non-hydrogen) atoms. The fourth-order valence-corrected chi connectivity index (χ4v) is 2.19. The average Bonchev–Trinajstić information content (AvgIpc) is 2.28. The molecule has 0 aromatic carbocycles. The number of urea groups is 1. The van der Waals surface area contributed by atoms with Crippen LogP contribution < -0.4 is 10.6 Å². The van der Waals surface area contributed by atoms with E-state index in [0.29, 0.717) is 25.4 Å². The van der Waals surface area contributed by atoms with E-state index in [2.05, 4.69) is 24.5 Å². The lowest BCUT2D eigenvalue weighted by Crippen LogP contribution is -2.36. The van der Waals surface area contributed by atoms with Crippen molar-refractivity contribution in [1.82, 2.24) is 10.6 Å². The molecular weight excluding hydrogens is 252 g/mol. The summed E-state index contributed by atoms with van der Waals surface area (Å²) >= 11 is 1.90. The minimum atomic E-state index is -0.834. The minimum absolute atomic E-state index is 0.0894. The summed E-state index contributed by atoms with van der Waals surface area (Å²) in [5, 5.41) is 13.8. The summed E-state index contributed by atoms with van der Waals surface area (Å²) in [7, 11) is 0. The molecule has 0 fully saturated rings. The van der Waals surface area contributed by atoms with E-state index in [4.69, 9.17) is 5.11 Å². The average molecular weight is 276 g/mol. The lowest BCUT2D eigenvalue weighted by Gasteiger charge is -2.07. The molecule has 6 heteroatoms. The van der Waals surface area contributed by atoms with Crippen LogP contribution >= 0.6 is 11.8 Å². The van der Waals surface area contributed by atoms with Gasteiger partial charge in [-0.25, -0.2) is 4.79 Å². The van der Waals surface area contributed by atoms with Crippen molar-refractivity contribution in [3.8, 4) is 0 Å². The van der Waals surface area contributed by atoms with Gasteiger partial charge in [-0.1, -0.05) is 13.8 Å². The summed E-state index contributed by atoms with van der Waals surface area (Å²) in [6.07, 6.45) is 1.51. The predicted molar refractivity (Wildman–Crippen MR) is 75.1 cm³/mol. The van der Waals surface area contributed by atoms with Crippen molar-refractivity contribution >= 4 is 23.8 Å². The molecule has 0 aliphatic rings. The highest BCUT2D eigenvalue weighted by Gasteiger charge is 2.00. The summed E-state index contributed by atoms with van der Waals surface area (Å²) in [5.74, 6) is 2.08. The number of amides is 2. The van der Waals surface area contributed by atoms with Crippen molar-refractivity contribution in [2.45, 2.75) is 33.1 Å². The van der Waals surface area contributed by atoms with Crippen LogP contribution in [0.25, 0.3) is 0 Å². The van der Waals surface area contributed by atoms with Gasteiger partial charge in [-0.15, -0.1) is 0 Å². The third kappa shape index (κ3) is 13.2. The number of hydrogen-bond donors (Lipinski definition) is 3. The number of aliphatic carboxylic acids is 1. The van der Waals surface area contributed by atoms with Gasteiger partial charge in [0.2, 0.25) is 0 Å². The van der Waals surface area contributed by atoms with Crippen molar-refractivity contribution in [3.05, 3.63) is 0 Å². The van der Waals surface area contributed by atoms with Gasteiger partial charge in [0.05, 0.1) is 0 Å². The van der Waals surface area contributed by atoms with Crippen LogP contribution in [0.15, 0.2) is 0 Å². The number of hydrogen-bond acceptors (Lipinski definition) is 3. The van der Waals surface area contributed by atoms with Gasteiger partial charge < -0.3 is 15.7 Å². The fourth-order valence-electron chi connectivity index (χ4n) is 1.20. The van der Waals surface area contributed by atoms with Crippen LogP contribution in [-0.4, -0.2) is 41.7 Å². The second-order valence-corrected chi connectivity index (χ2v) is 5.65. The smallest absolute Gasteiger partial charge is 0.314 e. The maximum atomic E-state index is 11.3. The molecule has 0 radical (unpaired) electrons. The molecule has 3 N–H and O–H groups in total. The van der Waals surface area contributed by atoms with E-state index < -0.39 is 5.97 Å². The first-order chi connectivity index (χ1) is 8.52. The first-order valence-electron chi connectivity index (χ1n) is 6.33. The molecule has 0 spiro atoms. The van der Waals surface area contributed by atoms with E-state index in [9.17, 15) is 9.59 Å². The van der Waals surface area contributed by atoms with Gasteiger partial charge in [0.1, 0.15) is 0 Å². The Labute approximate surface area is 113 Å². The van der Waals surface area contributed by atoms with E-state index in [1.165, 1.54) is 0 Å². The maximum absolute atomic E-state index is 11.3. The van der Waals surface area contributed by atoms with Crippen LogP contribution in [0.5, 0.6) is 0 Å². The summed E-state index contributed by atoms with van der Waals surface area (Å²) in [6, 6.07) is -0.214. The van der Waals surface area contributed by atoms with Gasteiger partial charge in [-0.05, 0) is 30.3 Å². The third-order valence-electron chi connectivity index (χ3n) is 2.06. The fraction of sp³-hybridized carbons (Fsp3) is 0.833. The molecule has 0 aliphatic carbocycles. The molecule has 0 aliphatic heterocycles. The number of nitrogens with one attached hydrogen (secondary N) is 2. The summed E-state index contributed by atoms with van der Waals surface area (Å²) in [5.41, 5.74) is 0. The molecule has 0 heterocycles. The van der Waals surface area contributed by atoms with Crippen LogP contribution in [-0.2, 0) is 4.79 Å². The number of thioether (sulfide) groups is 1. The Balaban J connectivity index is 3.24. The largest absolute Gasteiger partial charge is 0.481 e. The van der Waals surface area contributed by atoms with E-state index >= 15 is 0 Å². The van der Waals surface area contributed by atoms with Crippen LogP contribution in [0.1, 0.15) is 33.1 Å². The SMILES string of the molecule is CC(C)CSCCCNC(=O)NCCCC(=O)O. The van der Waals surface area contributed by atoms with Crippen molar-refractivity contribution in [1.29, 1.82) is 0 Å². The van der Waals surface area contributed by atoms with Gasteiger partial charge in [0.25, 0.3) is 0 Å². The molecular formula is C12H24N2O3S. The molecule has 0 unspecified atom stereocenters. The Bertz CT molecular complexity index is 247. The van der Waals surface area contributed by atoms with Crippen molar-refractivity contribution in [2.24, 2.45) is 5.92 Å². The van der Waals surface area contributed by atoms with E-state index in [1.807, 2.05) is 11.8 Å². The summed E-state index contributed by atoms with van der Waals surface area (Å²) in [4.78, 5) is 21.5. The molecule has 0 aromatic heterocycles. The normalized spacial score (nSPS) is 10.4. The van der Waals surface area contributed by atoms with E-state index in [1.54, 1.807) is 0 Å². The summed E-state index contributed by atoms with van der Waals surface area (Å²) < 4.78 is 0. The Morgan fingerprint density at radius 2 is 1.78 bits per heavy atom. The molecule has 2 amide bonds. The molecule has 5 nitrogen and oxygen atoms in total.